The number of hydrazone groups is 1. The van der Waals surface area contributed by atoms with E-state index in [0.717, 1.165) is 16.5 Å². The Morgan fingerprint density at radius 2 is 2.17 bits per heavy atom. The third-order valence-electron chi connectivity index (χ3n) is 1.23. The van der Waals surface area contributed by atoms with Gasteiger partial charge in [0.1, 0.15) is 0 Å². The largest absolute Gasteiger partial charge is 0.262 e. The van der Waals surface area contributed by atoms with Crippen LogP contribution < -0.4 is 5.43 Å². The smallest absolute Gasteiger partial charge is 0.153 e. The van der Waals surface area contributed by atoms with Gasteiger partial charge in [-0.05, 0) is 25.5 Å². The molecule has 0 aliphatic carbocycles. The second kappa shape index (κ2) is 6.43. The van der Waals surface area contributed by atoms with Crippen LogP contribution in [0.2, 0.25) is 0 Å². The molecule has 0 rings (SSSR count). The van der Waals surface area contributed by atoms with E-state index in [-0.39, 0.29) is 0 Å². The van der Waals surface area contributed by atoms with Gasteiger partial charge < -0.3 is 0 Å². The molecule has 0 unspecified atom stereocenters. The molecular formula is C8H16N2S2. The summed E-state index contributed by atoms with van der Waals surface area (Å²) in [5.74, 6) is 0.651. The van der Waals surface area contributed by atoms with Crippen LogP contribution in [0.3, 0.4) is 0 Å². The quantitative estimate of drug-likeness (QED) is 0.434. The standard InChI is InChI=1S/C8H16N2S2/c1-6(2)5-7(3)9-10-8(11)12-4/h6H,5H2,1-4H3,(H,10,11)/b9-7-. The van der Waals surface area contributed by atoms with Gasteiger partial charge in [0.2, 0.25) is 0 Å². The zero-order chi connectivity index (χ0) is 9.56. The zero-order valence-electron chi connectivity index (χ0n) is 8.05. The lowest BCUT2D eigenvalue weighted by molar-refractivity contribution is 0.679. The first kappa shape index (κ1) is 11.9. The van der Waals surface area contributed by atoms with Gasteiger partial charge in [-0.1, -0.05) is 37.8 Å². The van der Waals surface area contributed by atoms with Crippen LogP contribution in [0.1, 0.15) is 27.2 Å². The Labute approximate surface area is 84.2 Å². The van der Waals surface area contributed by atoms with Crippen molar-refractivity contribution in [1.29, 1.82) is 0 Å². The van der Waals surface area contributed by atoms with Gasteiger partial charge >= 0.3 is 0 Å². The fourth-order valence-electron chi connectivity index (χ4n) is 0.823. The summed E-state index contributed by atoms with van der Waals surface area (Å²) in [5.41, 5.74) is 3.92. The molecule has 0 atom stereocenters. The van der Waals surface area contributed by atoms with E-state index in [9.17, 15) is 0 Å². The molecule has 12 heavy (non-hydrogen) atoms. The molecule has 0 bridgehead atoms. The Morgan fingerprint density at radius 1 is 1.58 bits per heavy atom. The molecule has 70 valence electrons. The first-order valence-corrected chi connectivity index (χ1v) is 5.56. The molecule has 0 saturated carbocycles. The number of nitrogens with zero attached hydrogens (tertiary/aromatic N) is 1. The minimum atomic E-state index is 0.651. The van der Waals surface area contributed by atoms with Gasteiger partial charge in [0.25, 0.3) is 0 Å². The Morgan fingerprint density at radius 3 is 2.58 bits per heavy atom. The monoisotopic (exact) mass is 204 g/mol. The van der Waals surface area contributed by atoms with E-state index in [4.69, 9.17) is 12.2 Å². The average molecular weight is 204 g/mol. The third kappa shape index (κ3) is 6.61. The van der Waals surface area contributed by atoms with E-state index in [0.29, 0.717) is 5.92 Å². The van der Waals surface area contributed by atoms with Gasteiger partial charge in [-0.2, -0.15) is 5.10 Å². The molecule has 2 nitrogen and oxygen atoms in total. The van der Waals surface area contributed by atoms with E-state index < -0.39 is 0 Å². The van der Waals surface area contributed by atoms with Crippen molar-refractivity contribution in [1.82, 2.24) is 5.43 Å². The van der Waals surface area contributed by atoms with Crippen LogP contribution in [-0.4, -0.2) is 16.3 Å². The summed E-state index contributed by atoms with van der Waals surface area (Å²) < 4.78 is 0.720. The first-order chi connectivity index (χ1) is 5.56. The fourth-order valence-corrected chi connectivity index (χ4v) is 1.01. The minimum Gasteiger partial charge on any atom is -0.262 e. The summed E-state index contributed by atoms with van der Waals surface area (Å²) in [6, 6.07) is 0. The molecule has 0 spiro atoms. The van der Waals surface area contributed by atoms with Crippen molar-refractivity contribution in [2.45, 2.75) is 27.2 Å². The van der Waals surface area contributed by atoms with Crippen molar-refractivity contribution in [3.8, 4) is 0 Å². The van der Waals surface area contributed by atoms with Gasteiger partial charge in [-0.3, -0.25) is 5.43 Å². The highest BCUT2D eigenvalue weighted by atomic mass is 32.2. The van der Waals surface area contributed by atoms with Crippen LogP contribution in [0.5, 0.6) is 0 Å². The maximum atomic E-state index is 4.93. The molecule has 0 aliphatic heterocycles. The second-order valence-corrected chi connectivity index (χ2v) is 4.53. The van der Waals surface area contributed by atoms with E-state index in [2.05, 4.69) is 24.4 Å². The van der Waals surface area contributed by atoms with Gasteiger partial charge in [0.05, 0.1) is 0 Å². The molecule has 0 aliphatic rings. The lowest BCUT2D eigenvalue weighted by Crippen LogP contribution is -2.13. The molecule has 1 N–H and O–H groups in total. The molecule has 0 aromatic rings. The van der Waals surface area contributed by atoms with Crippen LogP contribution in [0.25, 0.3) is 0 Å². The van der Waals surface area contributed by atoms with Crippen LogP contribution in [0, 0.1) is 5.92 Å². The molecule has 0 radical (unpaired) electrons. The highest BCUT2D eigenvalue weighted by molar-refractivity contribution is 8.22. The predicted octanol–water partition coefficient (Wildman–Crippen LogP) is 2.65. The fraction of sp³-hybridized carbons (Fsp3) is 0.750. The molecule has 0 aromatic carbocycles. The Balaban J connectivity index is 3.76. The van der Waals surface area contributed by atoms with E-state index in [1.807, 2.05) is 13.2 Å². The van der Waals surface area contributed by atoms with Crippen LogP contribution >= 0.6 is 24.0 Å². The summed E-state index contributed by atoms with van der Waals surface area (Å²) in [6.45, 7) is 6.35. The zero-order valence-corrected chi connectivity index (χ0v) is 9.68. The first-order valence-electron chi connectivity index (χ1n) is 3.93. The normalized spacial score (nSPS) is 11.9. The number of thioether (sulfide) groups is 1. The lowest BCUT2D eigenvalue weighted by atomic mass is 10.1. The summed E-state index contributed by atoms with van der Waals surface area (Å²) >= 11 is 6.43. The Hall–Kier alpha value is -0.0900. The van der Waals surface area contributed by atoms with E-state index >= 15 is 0 Å². The van der Waals surface area contributed by atoms with Gasteiger partial charge in [-0.15, -0.1) is 0 Å². The van der Waals surface area contributed by atoms with Crippen molar-refractivity contribution in [3.63, 3.8) is 0 Å². The number of rotatable bonds is 3. The number of hydrogen-bond donors (Lipinski definition) is 1. The summed E-state index contributed by atoms with van der Waals surface area (Å²) in [4.78, 5) is 0. The number of hydrogen-bond acceptors (Lipinski definition) is 3. The van der Waals surface area contributed by atoms with Crippen molar-refractivity contribution >= 4 is 34.0 Å². The highest BCUT2D eigenvalue weighted by Gasteiger charge is 1.97. The van der Waals surface area contributed by atoms with Crippen molar-refractivity contribution in [2.24, 2.45) is 11.0 Å². The van der Waals surface area contributed by atoms with Crippen molar-refractivity contribution in [3.05, 3.63) is 0 Å². The van der Waals surface area contributed by atoms with Gasteiger partial charge in [0.15, 0.2) is 4.32 Å². The summed E-state index contributed by atoms with van der Waals surface area (Å²) in [7, 11) is 0. The maximum Gasteiger partial charge on any atom is 0.153 e. The minimum absolute atomic E-state index is 0.651. The molecule has 0 saturated heterocycles. The molecule has 0 fully saturated rings. The second-order valence-electron chi connectivity index (χ2n) is 3.05. The van der Waals surface area contributed by atoms with E-state index in [1.54, 1.807) is 0 Å². The van der Waals surface area contributed by atoms with Crippen LogP contribution in [0.15, 0.2) is 5.10 Å². The Kier molecular flexibility index (Phi) is 6.38. The molecule has 0 amide bonds. The lowest BCUT2D eigenvalue weighted by Gasteiger charge is -2.04. The third-order valence-corrected chi connectivity index (χ3v) is 2.28. The number of nitrogens with one attached hydrogen (secondary N) is 1. The summed E-state index contributed by atoms with van der Waals surface area (Å²) in [6.07, 6.45) is 2.95. The molecular weight excluding hydrogens is 188 g/mol. The molecule has 4 heteroatoms. The van der Waals surface area contributed by atoms with Gasteiger partial charge in [0, 0.05) is 5.71 Å². The molecule has 0 aromatic heterocycles. The maximum absolute atomic E-state index is 4.93. The van der Waals surface area contributed by atoms with Crippen molar-refractivity contribution in [2.75, 3.05) is 6.26 Å². The number of thiocarbonyl (C=S) groups is 1. The van der Waals surface area contributed by atoms with Gasteiger partial charge in [-0.25, -0.2) is 0 Å². The van der Waals surface area contributed by atoms with E-state index in [1.165, 1.54) is 11.8 Å². The predicted molar refractivity (Wildman–Crippen MR) is 61.8 cm³/mol. The Bertz CT molecular complexity index is 176. The molecule has 0 heterocycles. The van der Waals surface area contributed by atoms with Crippen LogP contribution in [-0.2, 0) is 0 Å². The average Bonchev–Trinajstić information content (AvgIpc) is 1.99. The van der Waals surface area contributed by atoms with Crippen LogP contribution in [0.4, 0.5) is 0 Å². The highest BCUT2D eigenvalue weighted by Crippen LogP contribution is 2.01. The SMILES string of the molecule is CSC(=S)N/N=C(/C)CC(C)C. The topological polar surface area (TPSA) is 24.4 Å². The van der Waals surface area contributed by atoms with Crippen molar-refractivity contribution < 1.29 is 0 Å². The summed E-state index contributed by atoms with van der Waals surface area (Å²) in [5, 5.41) is 4.14.